The second kappa shape index (κ2) is 11.7. The summed E-state index contributed by atoms with van der Waals surface area (Å²) in [6, 6.07) is 14.4. The molecule has 0 bridgehead atoms. The molecular formula is C36H37F2N3O5. The molecule has 0 unspecified atom stereocenters. The van der Waals surface area contributed by atoms with Crippen LogP contribution < -0.4 is 14.8 Å². The number of nitrogens with zero attached hydrogens (tertiary/aromatic N) is 2. The monoisotopic (exact) mass is 629 g/mol. The van der Waals surface area contributed by atoms with Crippen LogP contribution in [0, 0.1) is 5.82 Å². The molecule has 3 heterocycles. The van der Waals surface area contributed by atoms with Gasteiger partial charge in [0.15, 0.2) is 5.78 Å². The van der Waals surface area contributed by atoms with Crippen molar-refractivity contribution in [3.05, 3.63) is 83.4 Å². The largest absolute Gasteiger partial charge is 0.489 e. The molecule has 1 fully saturated rings. The van der Waals surface area contributed by atoms with Gasteiger partial charge in [-0.25, -0.2) is 13.8 Å². The van der Waals surface area contributed by atoms with Crippen LogP contribution >= 0.6 is 0 Å². The third kappa shape index (κ3) is 6.44. The van der Waals surface area contributed by atoms with Crippen LogP contribution in [0.25, 0.3) is 22.2 Å². The summed E-state index contributed by atoms with van der Waals surface area (Å²) >= 11 is 0. The number of halogens is 2. The van der Waals surface area contributed by atoms with Crippen molar-refractivity contribution < 1.29 is 33.0 Å². The summed E-state index contributed by atoms with van der Waals surface area (Å²) in [5, 5.41) is 15.3. The number of hydrogen-bond donors (Lipinski definition) is 2. The van der Waals surface area contributed by atoms with Crippen molar-refractivity contribution in [2.24, 2.45) is 0 Å². The van der Waals surface area contributed by atoms with Crippen LogP contribution in [0.15, 0.2) is 60.8 Å². The summed E-state index contributed by atoms with van der Waals surface area (Å²) < 4.78 is 40.2. The number of carbonyl (C=O) groups excluding carboxylic acids is 2. The Kier molecular flexibility index (Phi) is 8.04. The molecule has 4 aromatic rings. The minimum atomic E-state index is -1.63. The number of carbonyl (C=O) groups is 2. The Bertz CT molecular complexity index is 1820. The molecule has 0 saturated heterocycles. The number of ketones is 1. The van der Waals surface area contributed by atoms with E-state index >= 15 is 0 Å². The van der Waals surface area contributed by atoms with Crippen molar-refractivity contribution in [3.63, 3.8) is 0 Å². The molecule has 240 valence electrons. The van der Waals surface area contributed by atoms with Gasteiger partial charge < -0.3 is 19.9 Å². The van der Waals surface area contributed by atoms with Gasteiger partial charge in [0.2, 0.25) is 5.91 Å². The van der Waals surface area contributed by atoms with E-state index in [1.54, 1.807) is 56.4 Å². The zero-order valence-corrected chi connectivity index (χ0v) is 26.3. The van der Waals surface area contributed by atoms with Gasteiger partial charge >= 0.3 is 0 Å². The van der Waals surface area contributed by atoms with Gasteiger partial charge in [-0.1, -0.05) is 6.07 Å². The van der Waals surface area contributed by atoms with Gasteiger partial charge in [-0.05, 0) is 95.5 Å². The van der Waals surface area contributed by atoms with Crippen molar-refractivity contribution in [1.82, 2.24) is 15.3 Å². The molecule has 1 aliphatic carbocycles. The Balaban J connectivity index is 1.32. The van der Waals surface area contributed by atoms with E-state index < -0.39 is 28.4 Å². The van der Waals surface area contributed by atoms with Crippen molar-refractivity contribution in [3.8, 4) is 22.8 Å². The summed E-state index contributed by atoms with van der Waals surface area (Å²) in [5.74, 6) is -0.172. The highest BCUT2D eigenvalue weighted by Crippen LogP contribution is 2.46. The Labute approximate surface area is 266 Å². The maximum Gasteiger partial charge on any atom is 0.234 e. The van der Waals surface area contributed by atoms with Crippen LogP contribution in [-0.2, 0) is 15.8 Å². The number of nitrogens with one attached hydrogen (secondary N) is 1. The van der Waals surface area contributed by atoms with Crippen LogP contribution in [0.4, 0.5) is 8.78 Å². The molecular weight excluding hydrogens is 592 g/mol. The molecule has 2 atom stereocenters. The molecule has 2 N–H and O–H groups in total. The van der Waals surface area contributed by atoms with Gasteiger partial charge in [0.25, 0.3) is 0 Å². The summed E-state index contributed by atoms with van der Waals surface area (Å²) in [7, 11) is 0. The summed E-state index contributed by atoms with van der Waals surface area (Å²) in [6.07, 6.45) is 3.74. The first-order valence-electron chi connectivity index (χ1n) is 15.5. The van der Waals surface area contributed by atoms with Gasteiger partial charge in [-0.3, -0.25) is 14.6 Å². The molecule has 6 rings (SSSR count). The van der Waals surface area contributed by atoms with Gasteiger partial charge in [0, 0.05) is 34.7 Å². The minimum Gasteiger partial charge on any atom is -0.489 e. The predicted molar refractivity (Wildman–Crippen MR) is 169 cm³/mol. The number of pyridine rings is 2. The van der Waals surface area contributed by atoms with Crippen LogP contribution in [0.2, 0.25) is 0 Å². The average Bonchev–Trinajstić information content (AvgIpc) is 3.78. The van der Waals surface area contributed by atoms with Gasteiger partial charge in [0.1, 0.15) is 51.8 Å². The zero-order valence-electron chi connectivity index (χ0n) is 26.3. The number of aromatic nitrogens is 2. The fourth-order valence-corrected chi connectivity index (χ4v) is 5.54. The Morgan fingerprint density at radius 3 is 2.57 bits per heavy atom. The highest BCUT2D eigenvalue weighted by molar-refractivity contribution is 6.01. The first-order valence-corrected chi connectivity index (χ1v) is 15.5. The second-order valence-corrected chi connectivity index (χ2v) is 13.3. The van der Waals surface area contributed by atoms with Crippen LogP contribution in [0.5, 0.6) is 11.5 Å². The van der Waals surface area contributed by atoms with Crippen LogP contribution in [-0.4, -0.2) is 51.7 Å². The highest BCUT2D eigenvalue weighted by atomic mass is 19.1. The van der Waals surface area contributed by atoms with Gasteiger partial charge in [-0.15, -0.1) is 0 Å². The first kappa shape index (κ1) is 31.5. The molecule has 1 saturated carbocycles. The Morgan fingerprint density at radius 1 is 1.13 bits per heavy atom. The summed E-state index contributed by atoms with van der Waals surface area (Å²) in [4.78, 5) is 36.2. The smallest absolute Gasteiger partial charge is 0.234 e. The number of aliphatic hydroxyl groups is 1. The number of benzene rings is 2. The Hall–Kier alpha value is -4.44. The van der Waals surface area contributed by atoms with Crippen molar-refractivity contribution in [2.45, 2.75) is 76.2 Å². The molecule has 1 aliphatic heterocycles. The number of fused-ring (bicyclic) bond motifs is 2. The Morgan fingerprint density at radius 2 is 1.87 bits per heavy atom. The van der Waals surface area contributed by atoms with E-state index in [0.717, 1.165) is 18.2 Å². The first-order chi connectivity index (χ1) is 21.7. The third-order valence-corrected chi connectivity index (χ3v) is 8.56. The molecule has 0 spiro atoms. The number of Topliss-reactive ketones (excluding diaryl/α,β-unsaturated/α-hetero) is 1. The lowest BCUT2D eigenvalue weighted by Gasteiger charge is -2.27. The fraction of sp³-hybridized carbons (Fsp3) is 0.389. The van der Waals surface area contributed by atoms with E-state index in [-0.39, 0.29) is 43.6 Å². The minimum absolute atomic E-state index is 0.00782. The van der Waals surface area contributed by atoms with Crippen molar-refractivity contribution in [1.29, 1.82) is 0 Å². The topological polar surface area (TPSA) is 111 Å². The normalized spacial score (nSPS) is 18.8. The lowest BCUT2D eigenvalue weighted by atomic mass is 9.81. The molecule has 2 aromatic heterocycles. The quantitative estimate of drug-likeness (QED) is 0.186. The fourth-order valence-electron chi connectivity index (χ4n) is 5.54. The lowest BCUT2D eigenvalue weighted by molar-refractivity contribution is -0.127. The number of ether oxygens (including phenoxy) is 2. The van der Waals surface area contributed by atoms with E-state index in [1.165, 1.54) is 26.0 Å². The maximum atomic E-state index is 14.3. The standard InChI is InChI=1S/C36H37F2N3O5/c1-34(2,38)19-40-33(43)35(3)20-45-32-26(35)18-29(41-31(32)21-7-9-24(37)10-8-21)36(4,44)14-13-27(42)23-16-22-6-5-15-39-30(22)28(17-23)46-25-11-12-25/h5-10,15-18,25,44H,11-14,19-20H2,1-4H3,(H,40,43)/t35-,36-/m0/s1. The van der Waals surface area contributed by atoms with Crippen LogP contribution in [0.1, 0.15) is 75.0 Å². The van der Waals surface area contributed by atoms with Gasteiger partial charge in [-0.2, -0.15) is 0 Å². The molecule has 10 heteroatoms. The third-order valence-electron chi connectivity index (χ3n) is 8.56. The summed E-state index contributed by atoms with van der Waals surface area (Å²) in [5.41, 5.74) is -1.79. The molecule has 8 nitrogen and oxygen atoms in total. The predicted octanol–water partition coefficient (Wildman–Crippen LogP) is 6.36. The molecule has 46 heavy (non-hydrogen) atoms. The van der Waals surface area contributed by atoms with Crippen molar-refractivity contribution in [2.75, 3.05) is 13.2 Å². The highest BCUT2D eigenvalue weighted by Gasteiger charge is 2.46. The summed E-state index contributed by atoms with van der Waals surface area (Å²) in [6.45, 7) is 5.76. The number of rotatable bonds is 11. The molecule has 1 amide bonds. The molecule has 2 aliphatic rings. The van der Waals surface area contributed by atoms with E-state index in [4.69, 9.17) is 14.5 Å². The lowest BCUT2D eigenvalue weighted by Crippen LogP contribution is -2.47. The van der Waals surface area contributed by atoms with E-state index in [9.17, 15) is 23.5 Å². The van der Waals surface area contributed by atoms with E-state index in [0.29, 0.717) is 39.4 Å². The molecule has 2 aromatic carbocycles. The van der Waals surface area contributed by atoms with Crippen molar-refractivity contribution >= 4 is 22.6 Å². The molecule has 0 radical (unpaired) electrons. The van der Waals surface area contributed by atoms with Gasteiger partial charge in [0.05, 0.1) is 18.3 Å². The maximum absolute atomic E-state index is 14.3. The number of hydrogen-bond acceptors (Lipinski definition) is 7. The number of amides is 1. The van der Waals surface area contributed by atoms with E-state index in [2.05, 4.69) is 10.3 Å². The SMILES string of the molecule is CC(C)(F)CNC(=O)[C@@]1(C)COc2c1cc([C@@](C)(O)CCC(=O)c1cc(OC3CC3)c3ncccc3c1)nc2-c1ccc(F)cc1. The number of alkyl halides is 1. The van der Waals surface area contributed by atoms with E-state index in [1.807, 2.05) is 6.07 Å². The zero-order chi connectivity index (χ0) is 32.9. The van der Waals surface area contributed by atoms with Crippen LogP contribution in [0.3, 0.4) is 0 Å². The second-order valence-electron chi connectivity index (χ2n) is 13.3. The average molecular weight is 630 g/mol.